The lowest BCUT2D eigenvalue weighted by molar-refractivity contribution is -0.152. The normalized spacial score (nSPS) is 41.1. The molecular formula is C14H24N2O2. The lowest BCUT2D eigenvalue weighted by Crippen LogP contribution is -2.65. The van der Waals surface area contributed by atoms with Crippen molar-refractivity contribution >= 4 is 11.8 Å². The zero-order chi connectivity index (χ0) is 13.4. The first kappa shape index (κ1) is 13.4. The second-order valence-corrected chi connectivity index (χ2v) is 5.88. The second kappa shape index (κ2) is 4.90. The van der Waals surface area contributed by atoms with Crippen LogP contribution >= 0.6 is 0 Å². The molecule has 1 heterocycles. The Labute approximate surface area is 109 Å². The minimum Gasteiger partial charge on any atom is -0.343 e. The standard InChI is InChI=1S/C14H24N2O2/c1-5-11-13(17)15-10(4)14(18)16(11)12-7-6-8(2)9(12)3/h8-12H,5-7H2,1-4H3,(H,15,17). The lowest BCUT2D eigenvalue weighted by atomic mass is 9.93. The molecule has 5 atom stereocenters. The Bertz CT molecular complexity index is 356. The Balaban J connectivity index is 2.26. The van der Waals surface area contributed by atoms with E-state index in [0.717, 1.165) is 12.8 Å². The van der Waals surface area contributed by atoms with Crippen LogP contribution in [0.5, 0.6) is 0 Å². The third-order valence-corrected chi connectivity index (χ3v) is 4.79. The van der Waals surface area contributed by atoms with Gasteiger partial charge in [-0.2, -0.15) is 0 Å². The molecule has 2 fully saturated rings. The molecule has 0 spiro atoms. The smallest absolute Gasteiger partial charge is 0.245 e. The molecule has 2 rings (SSSR count). The predicted molar refractivity (Wildman–Crippen MR) is 69.9 cm³/mol. The molecule has 1 aliphatic heterocycles. The molecule has 1 N–H and O–H groups in total. The van der Waals surface area contributed by atoms with E-state index in [1.807, 2.05) is 11.8 Å². The van der Waals surface area contributed by atoms with Gasteiger partial charge in [-0.1, -0.05) is 20.8 Å². The van der Waals surface area contributed by atoms with E-state index in [-0.39, 0.29) is 29.9 Å². The van der Waals surface area contributed by atoms with Gasteiger partial charge in [0.05, 0.1) is 0 Å². The van der Waals surface area contributed by atoms with Gasteiger partial charge < -0.3 is 10.2 Å². The summed E-state index contributed by atoms with van der Waals surface area (Å²) in [5, 5.41) is 2.78. The van der Waals surface area contributed by atoms with Crippen molar-refractivity contribution in [1.29, 1.82) is 0 Å². The van der Waals surface area contributed by atoms with Crippen molar-refractivity contribution in [3.63, 3.8) is 0 Å². The molecule has 0 aromatic rings. The average molecular weight is 252 g/mol. The largest absolute Gasteiger partial charge is 0.343 e. The quantitative estimate of drug-likeness (QED) is 0.810. The van der Waals surface area contributed by atoms with Crippen molar-refractivity contribution in [2.75, 3.05) is 0 Å². The molecule has 2 aliphatic rings. The van der Waals surface area contributed by atoms with E-state index < -0.39 is 0 Å². The van der Waals surface area contributed by atoms with Gasteiger partial charge in [-0.3, -0.25) is 9.59 Å². The number of nitrogens with zero attached hydrogens (tertiary/aromatic N) is 1. The molecule has 0 aromatic carbocycles. The summed E-state index contributed by atoms with van der Waals surface area (Å²) in [5.41, 5.74) is 0. The maximum Gasteiger partial charge on any atom is 0.245 e. The molecule has 4 nitrogen and oxygen atoms in total. The van der Waals surface area contributed by atoms with E-state index >= 15 is 0 Å². The first-order chi connectivity index (χ1) is 8.47. The van der Waals surface area contributed by atoms with E-state index in [0.29, 0.717) is 18.3 Å². The molecule has 18 heavy (non-hydrogen) atoms. The van der Waals surface area contributed by atoms with Crippen molar-refractivity contribution in [3.8, 4) is 0 Å². The third-order valence-electron chi connectivity index (χ3n) is 4.79. The van der Waals surface area contributed by atoms with Crippen molar-refractivity contribution in [2.24, 2.45) is 11.8 Å². The molecule has 1 aliphatic carbocycles. The maximum absolute atomic E-state index is 12.4. The van der Waals surface area contributed by atoms with Gasteiger partial charge >= 0.3 is 0 Å². The Kier molecular flexibility index (Phi) is 3.64. The summed E-state index contributed by atoms with van der Waals surface area (Å²) in [6.45, 7) is 8.20. The summed E-state index contributed by atoms with van der Waals surface area (Å²) >= 11 is 0. The SMILES string of the molecule is CCC1C(=O)NC(C)C(=O)N1C1CCC(C)C1C. The molecule has 1 saturated heterocycles. The molecule has 0 bridgehead atoms. The highest BCUT2D eigenvalue weighted by Crippen LogP contribution is 2.37. The first-order valence-corrected chi connectivity index (χ1v) is 7.09. The summed E-state index contributed by atoms with van der Waals surface area (Å²) in [7, 11) is 0. The fourth-order valence-electron chi connectivity index (χ4n) is 3.38. The minimum absolute atomic E-state index is 0.0105. The fraction of sp³-hybridized carbons (Fsp3) is 0.857. The van der Waals surface area contributed by atoms with Gasteiger partial charge in [0.1, 0.15) is 12.1 Å². The van der Waals surface area contributed by atoms with Gasteiger partial charge in [0, 0.05) is 6.04 Å². The monoisotopic (exact) mass is 252 g/mol. The van der Waals surface area contributed by atoms with Gasteiger partial charge in [-0.25, -0.2) is 0 Å². The van der Waals surface area contributed by atoms with Gasteiger partial charge in [-0.15, -0.1) is 0 Å². The second-order valence-electron chi connectivity index (χ2n) is 5.88. The number of hydrogen-bond acceptors (Lipinski definition) is 2. The number of piperazine rings is 1. The van der Waals surface area contributed by atoms with Crippen molar-refractivity contribution in [1.82, 2.24) is 10.2 Å². The molecule has 0 radical (unpaired) electrons. The van der Waals surface area contributed by atoms with Gasteiger partial charge in [0.2, 0.25) is 11.8 Å². The maximum atomic E-state index is 12.4. The summed E-state index contributed by atoms with van der Waals surface area (Å²) in [4.78, 5) is 26.3. The van der Waals surface area contributed by atoms with Gasteiger partial charge in [0.15, 0.2) is 0 Å². The Hall–Kier alpha value is -1.06. The van der Waals surface area contributed by atoms with Crippen LogP contribution in [0.2, 0.25) is 0 Å². The molecule has 4 heteroatoms. The Morgan fingerprint density at radius 3 is 2.39 bits per heavy atom. The summed E-state index contributed by atoms with van der Waals surface area (Å²) in [6.07, 6.45) is 2.88. The number of carbonyl (C=O) groups is 2. The van der Waals surface area contributed by atoms with Crippen molar-refractivity contribution < 1.29 is 9.59 Å². The van der Waals surface area contributed by atoms with Crippen molar-refractivity contribution in [2.45, 2.75) is 65.1 Å². The molecular weight excluding hydrogens is 228 g/mol. The zero-order valence-corrected chi connectivity index (χ0v) is 11.8. The number of hydrogen-bond donors (Lipinski definition) is 1. The van der Waals surface area contributed by atoms with Crippen LogP contribution in [0.25, 0.3) is 0 Å². The zero-order valence-electron chi connectivity index (χ0n) is 11.8. The van der Waals surface area contributed by atoms with Crippen LogP contribution in [-0.4, -0.2) is 34.8 Å². The Morgan fingerprint density at radius 2 is 1.89 bits per heavy atom. The number of rotatable bonds is 2. The minimum atomic E-state index is -0.372. The first-order valence-electron chi connectivity index (χ1n) is 7.09. The molecule has 0 aromatic heterocycles. The average Bonchev–Trinajstić information content (AvgIpc) is 2.65. The Morgan fingerprint density at radius 1 is 1.22 bits per heavy atom. The van der Waals surface area contributed by atoms with Crippen LogP contribution in [0.3, 0.4) is 0 Å². The highest BCUT2D eigenvalue weighted by Gasteiger charge is 2.45. The molecule has 1 saturated carbocycles. The topological polar surface area (TPSA) is 49.4 Å². The highest BCUT2D eigenvalue weighted by atomic mass is 16.2. The van der Waals surface area contributed by atoms with Crippen LogP contribution in [0, 0.1) is 11.8 Å². The highest BCUT2D eigenvalue weighted by molar-refractivity contribution is 5.96. The van der Waals surface area contributed by atoms with Crippen LogP contribution in [-0.2, 0) is 9.59 Å². The van der Waals surface area contributed by atoms with E-state index in [1.54, 1.807) is 6.92 Å². The van der Waals surface area contributed by atoms with Crippen LogP contribution in [0.4, 0.5) is 0 Å². The summed E-state index contributed by atoms with van der Waals surface area (Å²) < 4.78 is 0. The van der Waals surface area contributed by atoms with E-state index in [2.05, 4.69) is 19.2 Å². The molecule has 2 amide bonds. The van der Waals surface area contributed by atoms with Crippen LogP contribution in [0.15, 0.2) is 0 Å². The van der Waals surface area contributed by atoms with E-state index in [1.165, 1.54) is 0 Å². The van der Waals surface area contributed by atoms with E-state index in [9.17, 15) is 9.59 Å². The predicted octanol–water partition coefficient (Wildman–Crippen LogP) is 1.55. The van der Waals surface area contributed by atoms with Crippen LogP contribution < -0.4 is 5.32 Å². The van der Waals surface area contributed by atoms with Crippen LogP contribution in [0.1, 0.15) is 47.0 Å². The number of carbonyl (C=O) groups excluding carboxylic acids is 2. The third kappa shape index (κ3) is 2.02. The van der Waals surface area contributed by atoms with Gasteiger partial charge in [-0.05, 0) is 38.0 Å². The fourth-order valence-corrected chi connectivity index (χ4v) is 3.38. The molecule has 5 unspecified atom stereocenters. The van der Waals surface area contributed by atoms with Gasteiger partial charge in [0.25, 0.3) is 0 Å². The van der Waals surface area contributed by atoms with Crippen molar-refractivity contribution in [3.05, 3.63) is 0 Å². The molecule has 102 valence electrons. The summed E-state index contributed by atoms with van der Waals surface area (Å²) in [5.74, 6) is 1.23. The lowest BCUT2D eigenvalue weighted by Gasteiger charge is -2.43. The number of nitrogens with one attached hydrogen (secondary N) is 1. The van der Waals surface area contributed by atoms with E-state index in [4.69, 9.17) is 0 Å². The summed E-state index contributed by atoms with van der Waals surface area (Å²) in [6, 6.07) is -0.402. The number of amides is 2.